The van der Waals surface area contributed by atoms with Crippen molar-refractivity contribution < 1.29 is 0 Å². The summed E-state index contributed by atoms with van der Waals surface area (Å²) < 4.78 is 0. The van der Waals surface area contributed by atoms with Crippen LogP contribution in [0.4, 0.5) is 0 Å². The molecule has 0 aliphatic heterocycles. The molecule has 1 N–H and O–H groups in total. The van der Waals surface area contributed by atoms with Gasteiger partial charge in [0, 0.05) is 6.04 Å². The first-order chi connectivity index (χ1) is 10.1. The molecule has 0 amide bonds. The highest BCUT2D eigenvalue weighted by molar-refractivity contribution is 6.42. The van der Waals surface area contributed by atoms with Gasteiger partial charge in [-0.3, -0.25) is 0 Å². The maximum absolute atomic E-state index is 6.33. The van der Waals surface area contributed by atoms with E-state index in [1.807, 2.05) is 18.2 Å². The predicted molar refractivity (Wildman–Crippen MR) is 92.4 cm³/mol. The summed E-state index contributed by atoms with van der Waals surface area (Å²) >= 11 is 12.5. The van der Waals surface area contributed by atoms with E-state index in [-0.39, 0.29) is 6.04 Å². The van der Waals surface area contributed by atoms with Crippen LogP contribution in [0, 0.1) is 6.92 Å². The fourth-order valence-corrected chi connectivity index (χ4v) is 2.84. The van der Waals surface area contributed by atoms with Gasteiger partial charge in [-0.2, -0.15) is 0 Å². The van der Waals surface area contributed by atoms with Gasteiger partial charge in [-0.25, -0.2) is 0 Å². The summed E-state index contributed by atoms with van der Waals surface area (Å²) in [6, 6.07) is 14.7. The lowest BCUT2D eigenvalue weighted by atomic mass is 9.97. The van der Waals surface area contributed by atoms with Gasteiger partial charge in [0.2, 0.25) is 0 Å². The second-order valence-corrected chi connectivity index (χ2v) is 6.12. The molecule has 0 aromatic heterocycles. The zero-order valence-electron chi connectivity index (χ0n) is 12.5. The average Bonchev–Trinajstić information content (AvgIpc) is 2.47. The van der Waals surface area contributed by atoms with Gasteiger partial charge >= 0.3 is 0 Å². The molecule has 0 aliphatic rings. The van der Waals surface area contributed by atoms with Gasteiger partial charge in [-0.15, -0.1) is 0 Å². The third-order valence-corrected chi connectivity index (χ3v) is 4.40. The van der Waals surface area contributed by atoms with Crippen molar-refractivity contribution >= 4 is 23.2 Å². The van der Waals surface area contributed by atoms with E-state index in [0.717, 1.165) is 24.9 Å². The fraction of sp³-hybridized carbons (Fsp3) is 0.333. The standard InChI is InChI=1S/C18H21Cl2N/c1-3-10-21-17(14-7-4-6-13(2)11-14)12-15-8-5-9-16(19)18(15)20/h4-9,11,17,21H,3,10,12H2,1-2H3. The molecule has 1 nitrogen and oxygen atoms in total. The van der Waals surface area contributed by atoms with Crippen LogP contribution in [0.15, 0.2) is 42.5 Å². The lowest BCUT2D eigenvalue weighted by Gasteiger charge is -2.20. The second-order valence-electron chi connectivity index (χ2n) is 5.34. The summed E-state index contributed by atoms with van der Waals surface area (Å²) in [4.78, 5) is 0. The normalized spacial score (nSPS) is 12.4. The number of rotatable bonds is 6. The Balaban J connectivity index is 2.26. The predicted octanol–water partition coefficient (Wildman–Crippen LogP) is 5.59. The second kappa shape index (κ2) is 7.84. The maximum Gasteiger partial charge on any atom is 0.0624 e. The number of hydrogen-bond donors (Lipinski definition) is 1. The summed E-state index contributed by atoms with van der Waals surface area (Å²) in [7, 11) is 0. The lowest BCUT2D eigenvalue weighted by molar-refractivity contribution is 0.529. The van der Waals surface area contributed by atoms with Crippen molar-refractivity contribution in [1.82, 2.24) is 5.32 Å². The third kappa shape index (κ3) is 4.47. The fourth-order valence-electron chi connectivity index (χ4n) is 2.44. The summed E-state index contributed by atoms with van der Waals surface area (Å²) in [6.45, 7) is 5.27. The minimum absolute atomic E-state index is 0.251. The van der Waals surface area contributed by atoms with Crippen LogP contribution >= 0.6 is 23.2 Å². The summed E-state index contributed by atoms with van der Waals surface area (Å²) in [6.07, 6.45) is 1.94. The van der Waals surface area contributed by atoms with E-state index in [0.29, 0.717) is 10.0 Å². The Kier molecular flexibility index (Phi) is 6.10. The SMILES string of the molecule is CCCNC(Cc1cccc(Cl)c1Cl)c1cccc(C)c1. The number of hydrogen-bond acceptors (Lipinski definition) is 1. The zero-order valence-corrected chi connectivity index (χ0v) is 14.0. The minimum Gasteiger partial charge on any atom is -0.310 e. The Bertz CT molecular complexity index is 596. The molecule has 1 unspecified atom stereocenters. The van der Waals surface area contributed by atoms with Crippen LogP contribution in [0.1, 0.15) is 36.1 Å². The van der Waals surface area contributed by atoms with Gasteiger partial charge in [0.25, 0.3) is 0 Å². The Morgan fingerprint density at radius 2 is 1.86 bits per heavy atom. The van der Waals surface area contributed by atoms with Crippen molar-refractivity contribution in [3.05, 3.63) is 69.2 Å². The van der Waals surface area contributed by atoms with Crippen LogP contribution in [0.3, 0.4) is 0 Å². The molecule has 21 heavy (non-hydrogen) atoms. The summed E-state index contributed by atoms with van der Waals surface area (Å²) in [5.74, 6) is 0. The van der Waals surface area contributed by atoms with Crippen LogP contribution < -0.4 is 5.32 Å². The van der Waals surface area contributed by atoms with E-state index in [4.69, 9.17) is 23.2 Å². The molecule has 3 heteroatoms. The Labute approximate surface area is 137 Å². The molecule has 112 valence electrons. The molecule has 0 heterocycles. The molecule has 1 atom stereocenters. The minimum atomic E-state index is 0.251. The van der Waals surface area contributed by atoms with E-state index in [1.54, 1.807) is 0 Å². The third-order valence-electron chi connectivity index (χ3n) is 3.54. The monoisotopic (exact) mass is 321 g/mol. The van der Waals surface area contributed by atoms with Gasteiger partial charge in [0.15, 0.2) is 0 Å². The van der Waals surface area contributed by atoms with E-state index in [9.17, 15) is 0 Å². The molecular formula is C18H21Cl2N. The molecule has 0 saturated heterocycles. The van der Waals surface area contributed by atoms with Crippen LogP contribution in [0.25, 0.3) is 0 Å². The van der Waals surface area contributed by atoms with Crippen molar-refractivity contribution in [2.24, 2.45) is 0 Å². The summed E-state index contributed by atoms with van der Waals surface area (Å²) in [5.41, 5.74) is 3.65. The van der Waals surface area contributed by atoms with Crippen molar-refractivity contribution in [2.45, 2.75) is 32.7 Å². The molecule has 2 aromatic carbocycles. The molecule has 0 spiro atoms. The van der Waals surface area contributed by atoms with E-state index >= 15 is 0 Å². The number of halogens is 2. The smallest absolute Gasteiger partial charge is 0.0624 e. The number of aryl methyl sites for hydroxylation is 1. The van der Waals surface area contributed by atoms with Crippen LogP contribution in [-0.4, -0.2) is 6.54 Å². The van der Waals surface area contributed by atoms with Gasteiger partial charge in [0.05, 0.1) is 10.0 Å². The molecule has 0 aliphatic carbocycles. The van der Waals surface area contributed by atoms with Gasteiger partial charge in [0.1, 0.15) is 0 Å². The molecule has 0 bridgehead atoms. The quantitative estimate of drug-likeness (QED) is 0.731. The topological polar surface area (TPSA) is 12.0 Å². The average molecular weight is 322 g/mol. The van der Waals surface area contributed by atoms with Crippen LogP contribution in [-0.2, 0) is 6.42 Å². The molecule has 0 saturated carbocycles. The molecule has 2 rings (SSSR count). The maximum atomic E-state index is 6.33. The molecule has 0 radical (unpaired) electrons. The van der Waals surface area contributed by atoms with Crippen LogP contribution in [0.2, 0.25) is 10.0 Å². The highest BCUT2D eigenvalue weighted by atomic mass is 35.5. The van der Waals surface area contributed by atoms with Gasteiger partial charge < -0.3 is 5.32 Å². The highest BCUT2D eigenvalue weighted by Crippen LogP contribution is 2.29. The Morgan fingerprint density at radius 3 is 2.57 bits per heavy atom. The molecular weight excluding hydrogens is 301 g/mol. The van der Waals surface area contributed by atoms with Crippen molar-refractivity contribution in [3.63, 3.8) is 0 Å². The van der Waals surface area contributed by atoms with E-state index in [2.05, 4.69) is 43.4 Å². The first kappa shape index (κ1) is 16.4. The highest BCUT2D eigenvalue weighted by Gasteiger charge is 2.14. The first-order valence-corrected chi connectivity index (χ1v) is 8.10. The van der Waals surface area contributed by atoms with E-state index < -0.39 is 0 Å². The van der Waals surface area contributed by atoms with Gasteiger partial charge in [-0.05, 0) is 43.5 Å². The van der Waals surface area contributed by atoms with Crippen LogP contribution in [0.5, 0.6) is 0 Å². The number of nitrogens with one attached hydrogen (secondary N) is 1. The lowest BCUT2D eigenvalue weighted by Crippen LogP contribution is -2.24. The Hall–Kier alpha value is -1.02. The zero-order chi connectivity index (χ0) is 15.2. The number of benzene rings is 2. The van der Waals surface area contributed by atoms with Gasteiger partial charge in [-0.1, -0.05) is 72.1 Å². The van der Waals surface area contributed by atoms with Crippen molar-refractivity contribution in [3.8, 4) is 0 Å². The largest absolute Gasteiger partial charge is 0.310 e. The van der Waals surface area contributed by atoms with Crippen molar-refractivity contribution in [1.29, 1.82) is 0 Å². The molecule has 0 fully saturated rings. The van der Waals surface area contributed by atoms with E-state index in [1.165, 1.54) is 11.1 Å². The van der Waals surface area contributed by atoms with Crippen molar-refractivity contribution in [2.75, 3.05) is 6.54 Å². The summed E-state index contributed by atoms with van der Waals surface area (Å²) in [5, 5.41) is 4.89. The molecule has 2 aromatic rings. The first-order valence-electron chi connectivity index (χ1n) is 7.34. The Morgan fingerprint density at radius 1 is 1.10 bits per heavy atom.